The highest BCUT2D eigenvalue weighted by molar-refractivity contribution is 6.07. The van der Waals surface area contributed by atoms with Crippen molar-refractivity contribution in [3.8, 4) is 0 Å². The molecule has 1 aromatic rings. The highest BCUT2D eigenvalue weighted by atomic mass is 35.5. The number of rotatable bonds is 4. The summed E-state index contributed by atoms with van der Waals surface area (Å²) in [6, 6.07) is 7.15. The maximum Gasteiger partial charge on any atom is 0.307 e. The molecule has 0 aliphatic heterocycles. The minimum atomic E-state index is -0.859. The number of hydrogen-bond acceptors (Lipinski definition) is 2. The second-order valence-electron chi connectivity index (χ2n) is 2.59. The number of carboxylic acids is 1. The van der Waals surface area contributed by atoms with Gasteiger partial charge in [0.2, 0.25) is 0 Å². The van der Waals surface area contributed by atoms with Crippen molar-refractivity contribution >= 4 is 17.8 Å². The average Bonchev–Trinajstić information content (AvgIpc) is 2.08. The minimum Gasteiger partial charge on any atom is -0.481 e. The fourth-order valence-electron chi connectivity index (χ4n) is 1.09. The summed E-state index contributed by atoms with van der Waals surface area (Å²) in [6.07, 6.45) is -0.00355. The van der Waals surface area contributed by atoms with Crippen LogP contribution in [0.15, 0.2) is 24.3 Å². The summed E-state index contributed by atoms with van der Waals surface area (Å²) in [4.78, 5) is 10.5. The van der Waals surface area contributed by atoms with Crippen molar-refractivity contribution < 1.29 is 14.2 Å². The molecule has 0 saturated heterocycles. The molecule has 3 nitrogen and oxygen atoms in total. The molecule has 0 fully saturated rings. The van der Waals surface area contributed by atoms with Gasteiger partial charge in [0, 0.05) is 0 Å². The summed E-state index contributed by atoms with van der Waals surface area (Å²) in [6.45, 7) is 0.227. The Labute approximate surface area is 81.1 Å². The standard InChI is InChI=1S/C9H9ClO3/c10-13-6-8-4-2-1-3-7(8)5-9(11)12/h1-4H,5-6H2,(H,11,12). The Balaban J connectivity index is 2.84. The molecular formula is C9H9ClO3. The molecule has 13 heavy (non-hydrogen) atoms. The van der Waals surface area contributed by atoms with Gasteiger partial charge < -0.3 is 5.11 Å². The first-order valence-corrected chi connectivity index (χ1v) is 4.07. The van der Waals surface area contributed by atoms with Gasteiger partial charge >= 0.3 is 5.97 Å². The number of benzene rings is 1. The summed E-state index contributed by atoms with van der Waals surface area (Å²) in [5, 5.41) is 8.59. The van der Waals surface area contributed by atoms with Gasteiger partial charge in [0.15, 0.2) is 0 Å². The molecule has 0 heterocycles. The van der Waals surface area contributed by atoms with Gasteiger partial charge in [0.25, 0.3) is 0 Å². The van der Waals surface area contributed by atoms with E-state index in [0.29, 0.717) is 0 Å². The van der Waals surface area contributed by atoms with Crippen LogP contribution in [0, 0.1) is 0 Å². The molecule has 0 saturated carbocycles. The molecule has 0 aromatic heterocycles. The topological polar surface area (TPSA) is 46.5 Å². The van der Waals surface area contributed by atoms with E-state index in [1.807, 2.05) is 6.07 Å². The molecule has 0 radical (unpaired) electrons. The lowest BCUT2D eigenvalue weighted by molar-refractivity contribution is -0.136. The van der Waals surface area contributed by atoms with E-state index in [1.165, 1.54) is 0 Å². The SMILES string of the molecule is O=C(O)Cc1ccccc1COCl. The lowest BCUT2D eigenvalue weighted by Gasteiger charge is -2.04. The Morgan fingerprint density at radius 2 is 2.00 bits per heavy atom. The van der Waals surface area contributed by atoms with Gasteiger partial charge in [-0.05, 0) is 11.1 Å². The average molecular weight is 201 g/mol. The van der Waals surface area contributed by atoms with E-state index in [4.69, 9.17) is 17.0 Å². The Morgan fingerprint density at radius 3 is 2.54 bits per heavy atom. The maximum atomic E-state index is 10.5. The summed E-state index contributed by atoms with van der Waals surface area (Å²) < 4.78 is 4.43. The van der Waals surface area contributed by atoms with Crippen LogP contribution in [-0.2, 0) is 22.1 Å². The van der Waals surface area contributed by atoms with Crippen LogP contribution in [-0.4, -0.2) is 11.1 Å². The molecule has 70 valence electrons. The van der Waals surface area contributed by atoms with Crippen LogP contribution in [0.4, 0.5) is 0 Å². The van der Waals surface area contributed by atoms with E-state index < -0.39 is 5.97 Å². The molecule has 1 rings (SSSR count). The number of hydrogen-bond donors (Lipinski definition) is 1. The van der Waals surface area contributed by atoms with Crippen LogP contribution in [0.2, 0.25) is 0 Å². The first-order chi connectivity index (χ1) is 6.24. The third-order valence-corrected chi connectivity index (χ3v) is 1.78. The number of carbonyl (C=O) groups is 1. The highest BCUT2D eigenvalue weighted by Gasteiger charge is 2.05. The molecule has 0 amide bonds. The van der Waals surface area contributed by atoms with Crippen molar-refractivity contribution in [1.29, 1.82) is 0 Å². The van der Waals surface area contributed by atoms with Crippen molar-refractivity contribution in [2.24, 2.45) is 0 Å². The molecular weight excluding hydrogens is 192 g/mol. The van der Waals surface area contributed by atoms with Crippen LogP contribution < -0.4 is 0 Å². The van der Waals surface area contributed by atoms with Gasteiger partial charge in [-0.3, -0.25) is 9.08 Å². The predicted octanol–water partition coefficient (Wildman–Crippen LogP) is 1.98. The zero-order valence-corrected chi connectivity index (χ0v) is 7.62. The van der Waals surface area contributed by atoms with Crippen LogP contribution in [0.3, 0.4) is 0 Å². The van der Waals surface area contributed by atoms with Gasteiger partial charge in [-0.25, -0.2) is 0 Å². The van der Waals surface area contributed by atoms with Crippen molar-refractivity contribution in [3.63, 3.8) is 0 Å². The van der Waals surface area contributed by atoms with E-state index in [9.17, 15) is 4.79 Å². The highest BCUT2D eigenvalue weighted by Crippen LogP contribution is 2.11. The number of carboxylic acid groups (broad SMARTS) is 1. The van der Waals surface area contributed by atoms with Crippen molar-refractivity contribution in [1.82, 2.24) is 0 Å². The van der Waals surface area contributed by atoms with Crippen molar-refractivity contribution in [3.05, 3.63) is 35.4 Å². The minimum absolute atomic E-state index is 0.00355. The van der Waals surface area contributed by atoms with E-state index in [-0.39, 0.29) is 13.0 Å². The van der Waals surface area contributed by atoms with Gasteiger partial charge in [-0.15, -0.1) is 0 Å². The Hall–Kier alpha value is -1.06. The lowest BCUT2D eigenvalue weighted by Crippen LogP contribution is -2.03. The monoisotopic (exact) mass is 200 g/mol. The van der Waals surface area contributed by atoms with Crippen LogP contribution in [0.25, 0.3) is 0 Å². The zero-order valence-electron chi connectivity index (χ0n) is 6.87. The summed E-state index contributed by atoms with van der Waals surface area (Å²) >= 11 is 5.10. The maximum absolute atomic E-state index is 10.5. The molecule has 0 unspecified atom stereocenters. The normalized spacial score (nSPS) is 9.92. The quantitative estimate of drug-likeness (QED) is 0.809. The van der Waals surface area contributed by atoms with E-state index >= 15 is 0 Å². The van der Waals surface area contributed by atoms with Crippen LogP contribution in [0.1, 0.15) is 11.1 Å². The van der Waals surface area contributed by atoms with Gasteiger partial charge in [0.05, 0.1) is 24.9 Å². The predicted molar refractivity (Wildman–Crippen MR) is 48.4 cm³/mol. The summed E-state index contributed by atoms with van der Waals surface area (Å²) in [5.74, 6) is -0.859. The molecule has 1 aromatic carbocycles. The van der Waals surface area contributed by atoms with Crippen LogP contribution in [0.5, 0.6) is 0 Å². The molecule has 0 aliphatic carbocycles. The smallest absolute Gasteiger partial charge is 0.307 e. The summed E-state index contributed by atoms with van der Waals surface area (Å²) in [7, 11) is 0. The van der Waals surface area contributed by atoms with Gasteiger partial charge in [0.1, 0.15) is 0 Å². The molecule has 0 aliphatic rings. The number of aliphatic carboxylic acids is 1. The van der Waals surface area contributed by atoms with E-state index in [1.54, 1.807) is 18.2 Å². The Kier molecular flexibility index (Phi) is 3.73. The van der Waals surface area contributed by atoms with Crippen molar-refractivity contribution in [2.45, 2.75) is 13.0 Å². The van der Waals surface area contributed by atoms with E-state index in [2.05, 4.69) is 4.29 Å². The first-order valence-electron chi connectivity index (χ1n) is 3.76. The molecule has 4 heteroatoms. The van der Waals surface area contributed by atoms with Gasteiger partial charge in [-0.2, -0.15) is 0 Å². The third kappa shape index (κ3) is 3.05. The fraction of sp³-hybridized carbons (Fsp3) is 0.222. The Bertz CT molecular complexity index is 299. The van der Waals surface area contributed by atoms with Crippen LogP contribution >= 0.6 is 11.9 Å². The van der Waals surface area contributed by atoms with E-state index in [0.717, 1.165) is 11.1 Å². The second-order valence-corrected chi connectivity index (χ2v) is 2.81. The second kappa shape index (κ2) is 4.84. The first kappa shape index (κ1) is 10.0. The zero-order chi connectivity index (χ0) is 9.68. The molecule has 0 bridgehead atoms. The lowest BCUT2D eigenvalue weighted by atomic mass is 10.1. The largest absolute Gasteiger partial charge is 0.481 e. The summed E-state index contributed by atoms with van der Waals surface area (Å²) in [5.41, 5.74) is 1.54. The molecule has 0 atom stereocenters. The van der Waals surface area contributed by atoms with Gasteiger partial charge in [-0.1, -0.05) is 24.3 Å². The fourth-order valence-corrected chi connectivity index (χ4v) is 1.21. The molecule has 0 spiro atoms. The third-order valence-electron chi connectivity index (χ3n) is 1.67. The van der Waals surface area contributed by atoms with Crippen molar-refractivity contribution in [2.75, 3.05) is 0 Å². The molecule has 1 N–H and O–H groups in total. The number of halogens is 1. The Morgan fingerprint density at radius 1 is 1.38 bits per heavy atom.